The van der Waals surface area contributed by atoms with Gasteiger partial charge in [0.05, 0.1) is 0 Å². The Morgan fingerprint density at radius 3 is 2.93 bits per heavy atom. The van der Waals surface area contributed by atoms with E-state index in [9.17, 15) is 4.79 Å². The predicted octanol–water partition coefficient (Wildman–Crippen LogP) is 0.633. The molecule has 2 rings (SSSR count). The van der Waals surface area contributed by atoms with Gasteiger partial charge in [0, 0.05) is 18.8 Å². The normalized spacial score (nSPS) is 35.2. The van der Waals surface area contributed by atoms with Crippen molar-refractivity contribution in [2.75, 3.05) is 6.67 Å². The lowest BCUT2D eigenvalue weighted by molar-refractivity contribution is -0.143. The Hall–Kier alpha value is -0.610. The number of carbonyl (C=O) groups is 1. The fraction of sp³-hybridized carbons (Fsp3) is 0.900. The highest BCUT2D eigenvalue weighted by Gasteiger charge is 2.39. The Morgan fingerprint density at radius 1 is 1.50 bits per heavy atom. The van der Waals surface area contributed by atoms with Crippen LogP contribution in [-0.4, -0.2) is 40.8 Å². The number of carboxylic acids is 1. The van der Waals surface area contributed by atoms with E-state index >= 15 is 0 Å². The third-order valence-electron chi connectivity index (χ3n) is 3.55. The molecular weight excluding hydrogens is 180 g/mol. The monoisotopic (exact) mass is 198 g/mol. The van der Waals surface area contributed by atoms with Gasteiger partial charge in [-0.1, -0.05) is 12.8 Å². The third kappa shape index (κ3) is 1.64. The van der Waals surface area contributed by atoms with Gasteiger partial charge < -0.3 is 5.11 Å². The van der Waals surface area contributed by atoms with Gasteiger partial charge in [0.1, 0.15) is 6.04 Å². The van der Waals surface area contributed by atoms with Crippen LogP contribution in [-0.2, 0) is 4.79 Å². The van der Waals surface area contributed by atoms with Gasteiger partial charge in [-0.15, -0.1) is 0 Å². The first-order valence-corrected chi connectivity index (χ1v) is 5.42. The zero-order valence-corrected chi connectivity index (χ0v) is 8.57. The molecule has 1 aliphatic heterocycles. The van der Waals surface area contributed by atoms with Gasteiger partial charge in [-0.05, 0) is 19.8 Å². The summed E-state index contributed by atoms with van der Waals surface area (Å²) >= 11 is 0. The van der Waals surface area contributed by atoms with Crippen molar-refractivity contribution in [2.24, 2.45) is 0 Å². The highest BCUT2D eigenvalue weighted by molar-refractivity contribution is 5.73. The molecule has 1 saturated carbocycles. The Balaban J connectivity index is 2.03. The fourth-order valence-electron chi connectivity index (χ4n) is 2.65. The molecule has 0 aromatic rings. The minimum absolute atomic E-state index is 0.351. The highest BCUT2D eigenvalue weighted by Crippen LogP contribution is 2.28. The average molecular weight is 198 g/mol. The molecule has 0 aromatic heterocycles. The summed E-state index contributed by atoms with van der Waals surface area (Å²) < 4.78 is 0. The zero-order valence-electron chi connectivity index (χ0n) is 8.57. The van der Waals surface area contributed by atoms with Crippen LogP contribution in [0.3, 0.4) is 0 Å². The number of carboxylic acid groups (broad SMARTS) is 1. The van der Waals surface area contributed by atoms with E-state index < -0.39 is 5.97 Å². The SMILES string of the molecule is CC(C(=O)O)N1CNC2CCCCC21. The molecule has 0 bridgehead atoms. The molecule has 3 unspecified atom stereocenters. The molecule has 14 heavy (non-hydrogen) atoms. The second-order valence-electron chi connectivity index (χ2n) is 4.35. The Morgan fingerprint density at radius 2 is 2.21 bits per heavy atom. The van der Waals surface area contributed by atoms with Crippen LogP contribution in [0.5, 0.6) is 0 Å². The van der Waals surface area contributed by atoms with Crippen LogP contribution in [0.4, 0.5) is 0 Å². The maximum Gasteiger partial charge on any atom is 0.320 e. The largest absolute Gasteiger partial charge is 0.480 e. The number of hydrogen-bond donors (Lipinski definition) is 2. The van der Waals surface area contributed by atoms with Gasteiger partial charge in [0.15, 0.2) is 0 Å². The van der Waals surface area contributed by atoms with E-state index in [1.165, 1.54) is 19.3 Å². The Labute approximate surface area is 84.3 Å². The number of nitrogens with zero attached hydrogens (tertiary/aromatic N) is 1. The maximum absolute atomic E-state index is 10.9. The summed E-state index contributed by atoms with van der Waals surface area (Å²) in [4.78, 5) is 13.0. The van der Waals surface area contributed by atoms with Crippen molar-refractivity contribution in [3.05, 3.63) is 0 Å². The van der Waals surface area contributed by atoms with E-state index in [0.29, 0.717) is 12.1 Å². The molecule has 1 saturated heterocycles. The van der Waals surface area contributed by atoms with E-state index in [1.54, 1.807) is 6.92 Å². The van der Waals surface area contributed by atoms with Crippen molar-refractivity contribution in [1.29, 1.82) is 0 Å². The second kappa shape index (κ2) is 3.87. The van der Waals surface area contributed by atoms with Crippen molar-refractivity contribution in [3.63, 3.8) is 0 Å². The molecule has 0 radical (unpaired) electrons. The van der Waals surface area contributed by atoms with Crippen LogP contribution < -0.4 is 5.32 Å². The molecule has 80 valence electrons. The quantitative estimate of drug-likeness (QED) is 0.683. The van der Waals surface area contributed by atoms with Crippen LogP contribution >= 0.6 is 0 Å². The van der Waals surface area contributed by atoms with Crippen molar-refractivity contribution < 1.29 is 9.90 Å². The lowest BCUT2D eigenvalue weighted by Gasteiger charge is -2.32. The maximum atomic E-state index is 10.9. The molecule has 3 atom stereocenters. The third-order valence-corrected chi connectivity index (χ3v) is 3.55. The van der Waals surface area contributed by atoms with Crippen molar-refractivity contribution in [1.82, 2.24) is 10.2 Å². The standard InChI is InChI=1S/C10H18N2O2/c1-7(10(13)14)12-6-11-8-4-2-3-5-9(8)12/h7-9,11H,2-6H2,1H3,(H,13,14). The Bertz CT molecular complexity index is 232. The first kappa shape index (κ1) is 9.93. The van der Waals surface area contributed by atoms with Crippen LogP contribution in [0.25, 0.3) is 0 Å². The van der Waals surface area contributed by atoms with Gasteiger partial charge in [0.25, 0.3) is 0 Å². The van der Waals surface area contributed by atoms with Crippen LogP contribution in [0, 0.1) is 0 Å². The molecule has 4 nitrogen and oxygen atoms in total. The number of aliphatic carboxylic acids is 1. The summed E-state index contributed by atoms with van der Waals surface area (Å²) in [5.41, 5.74) is 0. The zero-order chi connectivity index (χ0) is 10.1. The number of nitrogens with one attached hydrogen (secondary N) is 1. The minimum atomic E-state index is -0.710. The van der Waals surface area contributed by atoms with Crippen LogP contribution in [0.2, 0.25) is 0 Å². The average Bonchev–Trinajstić information content (AvgIpc) is 2.60. The van der Waals surface area contributed by atoms with Crippen molar-refractivity contribution in [2.45, 2.75) is 50.7 Å². The highest BCUT2D eigenvalue weighted by atomic mass is 16.4. The smallest absolute Gasteiger partial charge is 0.320 e. The summed E-state index contributed by atoms with van der Waals surface area (Å²) in [5, 5.41) is 12.4. The molecular formula is C10H18N2O2. The van der Waals surface area contributed by atoms with E-state index in [1.807, 2.05) is 0 Å². The number of hydrogen-bond acceptors (Lipinski definition) is 3. The van der Waals surface area contributed by atoms with E-state index in [-0.39, 0.29) is 6.04 Å². The topological polar surface area (TPSA) is 52.6 Å². The predicted molar refractivity (Wildman–Crippen MR) is 53.0 cm³/mol. The van der Waals surface area contributed by atoms with Gasteiger partial charge in [0.2, 0.25) is 0 Å². The molecule has 0 aromatic carbocycles. The molecule has 2 fully saturated rings. The lowest BCUT2D eigenvalue weighted by Crippen LogP contribution is -2.45. The number of fused-ring (bicyclic) bond motifs is 1. The molecule has 0 amide bonds. The first-order valence-electron chi connectivity index (χ1n) is 5.42. The molecule has 0 spiro atoms. The van der Waals surface area contributed by atoms with E-state index in [2.05, 4.69) is 10.2 Å². The minimum Gasteiger partial charge on any atom is -0.480 e. The molecule has 1 aliphatic carbocycles. The van der Waals surface area contributed by atoms with Crippen molar-refractivity contribution in [3.8, 4) is 0 Å². The van der Waals surface area contributed by atoms with Crippen LogP contribution in [0.1, 0.15) is 32.6 Å². The molecule has 1 heterocycles. The van der Waals surface area contributed by atoms with E-state index in [0.717, 1.165) is 13.1 Å². The lowest BCUT2D eigenvalue weighted by atomic mass is 9.90. The number of rotatable bonds is 2. The Kier molecular flexibility index (Phi) is 2.74. The van der Waals surface area contributed by atoms with Gasteiger partial charge in [-0.3, -0.25) is 15.0 Å². The van der Waals surface area contributed by atoms with Gasteiger partial charge >= 0.3 is 5.97 Å². The molecule has 4 heteroatoms. The van der Waals surface area contributed by atoms with Gasteiger partial charge in [-0.25, -0.2) is 0 Å². The fourth-order valence-corrected chi connectivity index (χ4v) is 2.65. The van der Waals surface area contributed by atoms with E-state index in [4.69, 9.17) is 5.11 Å². The summed E-state index contributed by atoms with van der Waals surface area (Å²) in [6.07, 6.45) is 4.87. The molecule has 2 N–H and O–H groups in total. The summed E-state index contributed by atoms with van der Waals surface area (Å²) in [5.74, 6) is -0.710. The summed E-state index contributed by atoms with van der Waals surface area (Å²) in [6.45, 7) is 2.52. The molecule has 2 aliphatic rings. The second-order valence-corrected chi connectivity index (χ2v) is 4.35. The summed E-state index contributed by atoms with van der Waals surface area (Å²) in [6, 6.07) is 0.635. The first-order chi connectivity index (χ1) is 6.70. The van der Waals surface area contributed by atoms with Gasteiger partial charge in [-0.2, -0.15) is 0 Å². The van der Waals surface area contributed by atoms with Crippen LogP contribution in [0.15, 0.2) is 0 Å². The summed E-state index contributed by atoms with van der Waals surface area (Å²) in [7, 11) is 0. The van der Waals surface area contributed by atoms with Crippen molar-refractivity contribution >= 4 is 5.97 Å².